The maximum absolute atomic E-state index is 14.4. The van der Waals surface area contributed by atoms with Gasteiger partial charge in [-0.05, 0) is 72.2 Å². The Bertz CT molecular complexity index is 1220. The number of benzene rings is 2. The first kappa shape index (κ1) is 17.1. The van der Waals surface area contributed by atoms with Crippen molar-refractivity contribution in [3.05, 3.63) is 56.1 Å². The van der Waals surface area contributed by atoms with Crippen molar-refractivity contribution >= 4 is 62.4 Å². The van der Waals surface area contributed by atoms with Gasteiger partial charge in [0.25, 0.3) is 5.78 Å². The molecule has 0 N–H and O–H groups in total. The van der Waals surface area contributed by atoms with Crippen molar-refractivity contribution < 1.29 is 4.39 Å². The Balaban J connectivity index is 1.89. The number of anilines is 2. The van der Waals surface area contributed by atoms with Gasteiger partial charge in [0.1, 0.15) is 17.5 Å². The maximum atomic E-state index is 14.4. The van der Waals surface area contributed by atoms with Gasteiger partial charge in [0.15, 0.2) is 0 Å². The van der Waals surface area contributed by atoms with Crippen molar-refractivity contribution in [3.63, 3.8) is 0 Å². The number of hydrogen-bond donors (Lipinski definition) is 0. The number of halogens is 3. The van der Waals surface area contributed by atoms with Crippen LogP contribution in [0.1, 0.15) is 17.8 Å². The van der Waals surface area contributed by atoms with Gasteiger partial charge in [0, 0.05) is 15.8 Å². The van der Waals surface area contributed by atoms with Crippen molar-refractivity contribution in [2.24, 2.45) is 0 Å². The maximum Gasteiger partial charge on any atom is 0.257 e. The van der Waals surface area contributed by atoms with Gasteiger partial charge in [-0.3, -0.25) is 4.40 Å². The Morgan fingerprint density at radius 2 is 2.04 bits per heavy atom. The fourth-order valence-electron chi connectivity index (χ4n) is 3.79. The molecular formula is C19H14ClFIN5. The molecule has 0 unspecified atom stereocenters. The van der Waals surface area contributed by atoms with Crippen molar-refractivity contribution in [2.75, 3.05) is 11.4 Å². The highest BCUT2D eigenvalue weighted by Crippen LogP contribution is 2.41. The van der Waals surface area contributed by atoms with E-state index in [1.807, 2.05) is 17.4 Å². The fraction of sp³-hybridized carbons (Fsp3) is 0.211. The number of fused-ring (bicyclic) bond motifs is 4. The van der Waals surface area contributed by atoms with Crippen molar-refractivity contribution in [3.8, 4) is 0 Å². The fourth-order valence-corrected chi connectivity index (χ4v) is 4.79. The van der Waals surface area contributed by atoms with E-state index in [0.29, 0.717) is 22.8 Å². The van der Waals surface area contributed by atoms with Crippen LogP contribution in [0, 0.1) is 16.3 Å². The van der Waals surface area contributed by atoms with Crippen LogP contribution >= 0.6 is 34.2 Å². The number of rotatable bonds is 1. The molecule has 3 heterocycles. The molecule has 0 radical (unpaired) electrons. The zero-order valence-corrected chi connectivity index (χ0v) is 17.3. The van der Waals surface area contributed by atoms with E-state index in [1.54, 1.807) is 6.07 Å². The second-order valence-corrected chi connectivity index (χ2v) is 8.11. The Hall–Kier alpha value is -2.00. The number of nitrogens with zero attached hydrogens (tertiary/aromatic N) is 5. The molecule has 0 fully saturated rings. The largest absolute Gasteiger partial charge is 0.325 e. The highest BCUT2D eigenvalue weighted by atomic mass is 127. The summed E-state index contributed by atoms with van der Waals surface area (Å²) in [4.78, 5) is 6.86. The van der Waals surface area contributed by atoms with E-state index >= 15 is 0 Å². The van der Waals surface area contributed by atoms with Crippen molar-refractivity contribution in [2.45, 2.75) is 19.8 Å². The summed E-state index contributed by atoms with van der Waals surface area (Å²) in [6.45, 7) is 2.63. The summed E-state index contributed by atoms with van der Waals surface area (Å²) in [5.41, 5.74) is 3.12. The molecule has 0 spiro atoms. The normalized spacial score (nSPS) is 14.1. The predicted octanol–water partition coefficient (Wildman–Crippen LogP) is 5.07. The van der Waals surface area contributed by atoms with Gasteiger partial charge in [-0.1, -0.05) is 17.7 Å². The summed E-state index contributed by atoms with van der Waals surface area (Å²) in [5, 5.41) is 8.98. The molecule has 5 nitrogen and oxygen atoms in total. The van der Waals surface area contributed by atoms with Gasteiger partial charge in [0.2, 0.25) is 0 Å². The standard InChI is InChI=1S/C19H14ClFIN5/c1-10-24-25-19-23-18(16-15(27(10)19)8-7-12(21)17(16)20)26-9-3-4-11-13(22)5-2-6-14(11)26/h2,5-8H,3-4,9H2,1H3. The lowest BCUT2D eigenvalue weighted by molar-refractivity contribution is 0.630. The van der Waals surface area contributed by atoms with Gasteiger partial charge < -0.3 is 4.90 Å². The van der Waals surface area contributed by atoms with Gasteiger partial charge in [-0.25, -0.2) is 4.39 Å². The van der Waals surface area contributed by atoms with Crippen molar-refractivity contribution in [1.29, 1.82) is 0 Å². The first-order valence-corrected chi connectivity index (χ1v) is 10.1. The Labute approximate surface area is 173 Å². The summed E-state index contributed by atoms with van der Waals surface area (Å²) >= 11 is 8.79. The first-order chi connectivity index (χ1) is 13.1. The van der Waals surface area contributed by atoms with E-state index in [0.717, 1.165) is 30.6 Å². The summed E-state index contributed by atoms with van der Waals surface area (Å²) in [7, 11) is 0. The molecule has 2 aromatic heterocycles. The van der Waals surface area contributed by atoms with E-state index in [1.165, 1.54) is 15.2 Å². The Kier molecular flexibility index (Phi) is 3.98. The molecule has 0 saturated carbocycles. The molecule has 0 atom stereocenters. The second kappa shape index (κ2) is 6.27. The average Bonchev–Trinajstić information content (AvgIpc) is 3.05. The zero-order valence-electron chi connectivity index (χ0n) is 14.4. The number of aryl methyl sites for hydroxylation is 1. The molecule has 5 rings (SSSR count). The monoisotopic (exact) mass is 493 g/mol. The summed E-state index contributed by atoms with van der Waals surface area (Å²) < 4.78 is 17.4. The molecule has 0 amide bonds. The molecule has 4 aromatic rings. The van der Waals surface area contributed by atoms with Gasteiger partial charge >= 0.3 is 0 Å². The summed E-state index contributed by atoms with van der Waals surface area (Å²) in [6.07, 6.45) is 2.00. The molecule has 0 saturated heterocycles. The van der Waals surface area contributed by atoms with E-state index in [4.69, 9.17) is 16.6 Å². The van der Waals surface area contributed by atoms with E-state index < -0.39 is 5.82 Å². The second-order valence-electron chi connectivity index (χ2n) is 6.57. The van der Waals surface area contributed by atoms with Crippen molar-refractivity contribution in [1.82, 2.24) is 19.6 Å². The molecule has 0 aliphatic carbocycles. The van der Waals surface area contributed by atoms with E-state index in [2.05, 4.69) is 49.8 Å². The van der Waals surface area contributed by atoms with Gasteiger partial charge in [-0.2, -0.15) is 4.98 Å². The third-order valence-corrected chi connectivity index (χ3v) is 6.38. The van der Waals surface area contributed by atoms with Crippen LogP contribution in [0.2, 0.25) is 5.02 Å². The van der Waals surface area contributed by atoms with Crippen LogP contribution in [0.4, 0.5) is 15.9 Å². The molecule has 1 aliphatic heterocycles. The smallest absolute Gasteiger partial charge is 0.257 e. The SMILES string of the molecule is Cc1nnc2nc(N3CCCc4c(I)cccc43)c3c(Cl)c(F)ccc3n12. The lowest BCUT2D eigenvalue weighted by Gasteiger charge is -2.32. The van der Waals surface area contributed by atoms with Gasteiger partial charge in [0.05, 0.1) is 15.9 Å². The van der Waals surface area contributed by atoms with Crippen LogP contribution in [-0.4, -0.2) is 26.1 Å². The number of hydrogen-bond acceptors (Lipinski definition) is 4. The third-order valence-electron chi connectivity index (χ3n) is 5.00. The quantitative estimate of drug-likeness (QED) is 0.348. The van der Waals surface area contributed by atoms with Gasteiger partial charge in [-0.15, -0.1) is 10.2 Å². The van der Waals surface area contributed by atoms with Crippen LogP contribution in [0.3, 0.4) is 0 Å². The Morgan fingerprint density at radius 1 is 1.19 bits per heavy atom. The molecule has 2 aromatic carbocycles. The van der Waals surface area contributed by atoms with E-state index in [9.17, 15) is 4.39 Å². The van der Waals surface area contributed by atoms with Crippen LogP contribution in [0.25, 0.3) is 16.7 Å². The van der Waals surface area contributed by atoms with Crippen LogP contribution in [0.15, 0.2) is 30.3 Å². The molecular weight excluding hydrogens is 480 g/mol. The lowest BCUT2D eigenvalue weighted by Crippen LogP contribution is -2.26. The Morgan fingerprint density at radius 3 is 2.89 bits per heavy atom. The molecule has 1 aliphatic rings. The minimum Gasteiger partial charge on any atom is -0.325 e. The predicted molar refractivity (Wildman–Crippen MR) is 112 cm³/mol. The first-order valence-electron chi connectivity index (χ1n) is 8.60. The minimum atomic E-state index is -0.461. The third kappa shape index (κ3) is 2.51. The van der Waals surface area contributed by atoms with Crippen LogP contribution in [0.5, 0.6) is 0 Å². The molecule has 0 bridgehead atoms. The van der Waals surface area contributed by atoms with Crippen LogP contribution < -0.4 is 4.90 Å². The highest BCUT2D eigenvalue weighted by Gasteiger charge is 2.26. The molecule has 136 valence electrons. The number of aromatic nitrogens is 4. The lowest BCUT2D eigenvalue weighted by atomic mass is 10.0. The van der Waals surface area contributed by atoms with E-state index in [-0.39, 0.29) is 5.02 Å². The topological polar surface area (TPSA) is 46.3 Å². The summed E-state index contributed by atoms with van der Waals surface area (Å²) in [5.74, 6) is 1.33. The zero-order chi connectivity index (χ0) is 18.7. The highest BCUT2D eigenvalue weighted by molar-refractivity contribution is 14.1. The average molecular weight is 494 g/mol. The summed E-state index contributed by atoms with van der Waals surface area (Å²) in [6, 6.07) is 9.30. The minimum absolute atomic E-state index is 0.0720. The van der Waals surface area contributed by atoms with Crippen LogP contribution in [-0.2, 0) is 6.42 Å². The molecule has 27 heavy (non-hydrogen) atoms. The molecule has 8 heteroatoms.